The lowest BCUT2D eigenvalue weighted by Crippen LogP contribution is -2.26. The van der Waals surface area contributed by atoms with Gasteiger partial charge in [0, 0.05) is 11.8 Å². The van der Waals surface area contributed by atoms with Crippen LogP contribution in [0.2, 0.25) is 0 Å². The molecule has 2 rings (SSSR count). The van der Waals surface area contributed by atoms with E-state index in [1.807, 2.05) is 26.8 Å². The van der Waals surface area contributed by atoms with E-state index in [1.54, 1.807) is 12.3 Å². The molecule has 1 aromatic carbocycles. The molecule has 4 heteroatoms. The molecule has 1 aromatic heterocycles. The number of hydrogen-bond donors (Lipinski definition) is 1. The molecule has 0 radical (unpaired) electrons. The van der Waals surface area contributed by atoms with Crippen molar-refractivity contribution in [3.63, 3.8) is 0 Å². The number of nitrogens with one attached hydrogen (secondary N) is 1. The van der Waals surface area contributed by atoms with E-state index < -0.39 is 17.7 Å². The van der Waals surface area contributed by atoms with Crippen LogP contribution >= 0.6 is 0 Å². The first kappa shape index (κ1) is 15.6. The van der Waals surface area contributed by atoms with Gasteiger partial charge in [-0.05, 0) is 44.0 Å². The lowest BCUT2D eigenvalue weighted by atomic mass is 9.98. The molecule has 2 nitrogen and oxygen atoms in total. The van der Waals surface area contributed by atoms with Gasteiger partial charge in [-0.1, -0.05) is 25.1 Å². The topological polar surface area (TPSA) is 24.9 Å². The predicted octanol–water partition coefficient (Wildman–Crippen LogP) is 4.07. The Morgan fingerprint density at radius 3 is 2.67 bits per heavy atom. The summed E-state index contributed by atoms with van der Waals surface area (Å²) in [5.74, 6) is -1.64. The molecule has 21 heavy (non-hydrogen) atoms. The van der Waals surface area contributed by atoms with E-state index in [0.29, 0.717) is 12.1 Å². The van der Waals surface area contributed by atoms with E-state index in [2.05, 4.69) is 10.3 Å². The second-order valence-corrected chi connectivity index (χ2v) is 5.24. The molecule has 112 valence electrons. The summed E-state index contributed by atoms with van der Waals surface area (Å²) in [4.78, 5) is 4.43. The van der Waals surface area contributed by atoms with E-state index >= 15 is 0 Å². The third-order valence-corrected chi connectivity index (χ3v) is 3.42. The second kappa shape index (κ2) is 6.76. The van der Waals surface area contributed by atoms with Crippen LogP contribution in [-0.2, 0) is 0 Å². The summed E-state index contributed by atoms with van der Waals surface area (Å²) < 4.78 is 27.7. The molecular formula is C17H20F2N2. The molecule has 1 heterocycles. The number of aromatic nitrogens is 1. The van der Waals surface area contributed by atoms with Crippen LogP contribution in [-0.4, -0.2) is 11.5 Å². The summed E-state index contributed by atoms with van der Waals surface area (Å²) in [6.07, 6.45) is 2.65. The van der Waals surface area contributed by atoms with Gasteiger partial charge in [-0.3, -0.25) is 4.98 Å². The third-order valence-electron chi connectivity index (χ3n) is 3.42. The molecule has 0 aliphatic rings. The molecule has 0 aliphatic heterocycles. The first-order valence-corrected chi connectivity index (χ1v) is 7.15. The molecule has 0 saturated heterocycles. The maximum atomic E-state index is 14.1. The highest BCUT2D eigenvalue weighted by molar-refractivity contribution is 5.35. The summed E-state index contributed by atoms with van der Waals surface area (Å²) >= 11 is 0. The minimum Gasteiger partial charge on any atom is -0.305 e. The monoisotopic (exact) mass is 290 g/mol. The number of rotatable bonds is 5. The van der Waals surface area contributed by atoms with Crippen LogP contribution in [0.4, 0.5) is 8.78 Å². The second-order valence-electron chi connectivity index (χ2n) is 5.24. The number of hydrogen-bond acceptors (Lipinski definition) is 2. The molecule has 1 atom stereocenters. The third kappa shape index (κ3) is 3.45. The van der Waals surface area contributed by atoms with Crippen LogP contribution in [0.1, 0.15) is 41.8 Å². The number of aryl methyl sites for hydroxylation is 2. The molecule has 0 fully saturated rings. The quantitative estimate of drug-likeness (QED) is 0.898. The highest BCUT2D eigenvalue weighted by atomic mass is 19.2. The fraction of sp³-hybridized carbons (Fsp3) is 0.353. The molecule has 0 spiro atoms. The van der Waals surface area contributed by atoms with Crippen LogP contribution in [0, 0.1) is 25.5 Å². The molecule has 0 bridgehead atoms. The van der Waals surface area contributed by atoms with Gasteiger partial charge in [0.2, 0.25) is 0 Å². The predicted molar refractivity (Wildman–Crippen MR) is 80.2 cm³/mol. The van der Waals surface area contributed by atoms with Gasteiger partial charge in [0.15, 0.2) is 11.6 Å². The Kier molecular flexibility index (Phi) is 5.02. The largest absolute Gasteiger partial charge is 0.305 e. The van der Waals surface area contributed by atoms with Crippen molar-refractivity contribution in [3.05, 3.63) is 64.5 Å². The molecule has 2 aromatic rings. The van der Waals surface area contributed by atoms with Crippen molar-refractivity contribution in [3.8, 4) is 0 Å². The Labute approximate surface area is 124 Å². The van der Waals surface area contributed by atoms with Crippen molar-refractivity contribution in [1.82, 2.24) is 10.3 Å². The minimum atomic E-state index is -0.833. The first-order valence-electron chi connectivity index (χ1n) is 7.15. The Hall–Kier alpha value is -1.81. The van der Waals surface area contributed by atoms with E-state index in [0.717, 1.165) is 29.3 Å². The van der Waals surface area contributed by atoms with Gasteiger partial charge >= 0.3 is 0 Å². The van der Waals surface area contributed by atoms with E-state index in [4.69, 9.17) is 0 Å². The van der Waals surface area contributed by atoms with Gasteiger partial charge in [0.05, 0.1) is 11.7 Å². The van der Waals surface area contributed by atoms with Crippen LogP contribution < -0.4 is 5.32 Å². The average Bonchev–Trinajstić information content (AvgIpc) is 2.45. The zero-order chi connectivity index (χ0) is 15.4. The fourth-order valence-corrected chi connectivity index (χ4v) is 2.41. The van der Waals surface area contributed by atoms with Crippen molar-refractivity contribution in [2.75, 3.05) is 6.54 Å². The van der Waals surface area contributed by atoms with Crippen molar-refractivity contribution in [1.29, 1.82) is 0 Å². The maximum Gasteiger partial charge on any atom is 0.163 e. The number of halogens is 2. The number of nitrogens with zero attached hydrogens (tertiary/aromatic N) is 1. The van der Waals surface area contributed by atoms with Crippen molar-refractivity contribution >= 4 is 0 Å². The smallest absolute Gasteiger partial charge is 0.163 e. The highest BCUT2D eigenvalue weighted by Gasteiger charge is 2.22. The van der Waals surface area contributed by atoms with E-state index in [1.165, 1.54) is 6.07 Å². The van der Waals surface area contributed by atoms with Gasteiger partial charge in [-0.25, -0.2) is 8.78 Å². The Balaban J connectivity index is 2.49. The summed E-state index contributed by atoms with van der Waals surface area (Å²) in [7, 11) is 0. The van der Waals surface area contributed by atoms with Crippen LogP contribution in [0.5, 0.6) is 0 Å². The van der Waals surface area contributed by atoms with Gasteiger partial charge in [-0.2, -0.15) is 0 Å². The van der Waals surface area contributed by atoms with E-state index in [9.17, 15) is 8.78 Å². The molecular weight excluding hydrogens is 270 g/mol. The van der Waals surface area contributed by atoms with Gasteiger partial charge in [0.25, 0.3) is 0 Å². The Morgan fingerprint density at radius 1 is 1.24 bits per heavy atom. The normalized spacial score (nSPS) is 12.4. The van der Waals surface area contributed by atoms with Crippen LogP contribution in [0.3, 0.4) is 0 Å². The van der Waals surface area contributed by atoms with Crippen LogP contribution in [0.15, 0.2) is 30.5 Å². The molecule has 0 aliphatic carbocycles. The van der Waals surface area contributed by atoms with Crippen molar-refractivity contribution in [2.45, 2.75) is 33.2 Å². The summed E-state index contributed by atoms with van der Waals surface area (Å²) in [5.41, 5.74) is 3.04. The highest BCUT2D eigenvalue weighted by Crippen LogP contribution is 2.27. The minimum absolute atomic E-state index is 0.294. The SMILES string of the molecule is CCCNC(c1cccc(F)c1F)c1ncc(C)cc1C. The average molecular weight is 290 g/mol. The number of pyridine rings is 1. The van der Waals surface area contributed by atoms with Gasteiger partial charge in [-0.15, -0.1) is 0 Å². The Bertz CT molecular complexity index is 626. The van der Waals surface area contributed by atoms with Gasteiger partial charge < -0.3 is 5.32 Å². The lowest BCUT2D eigenvalue weighted by molar-refractivity contribution is 0.477. The zero-order valence-electron chi connectivity index (χ0n) is 12.6. The summed E-state index contributed by atoms with van der Waals surface area (Å²) in [6, 6.07) is 5.82. The first-order chi connectivity index (χ1) is 10.0. The standard InChI is InChI=1S/C17H20F2N2/c1-4-8-20-17(13-6-5-7-14(18)15(13)19)16-12(3)9-11(2)10-21-16/h5-7,9-10,17,20H,4,8H2,1-3H3. The molecule has 1 N–H and O–H groups in total. The van der Waals surface area contributed by atoms with Gasteiger partial charge in [0.1, 0.15) is 0 Å². The number of benzene rings is 1. The van der Waals surface area contributed by atoms with Crippen molar-refractivity contribution < 1.29 is 8.78 Å². The van der Waals surface area contributed by atoms with Crippen LogP contribution in [0.25, 0.3) is 0 Å². The molecule has 1 unspecified atom stereocenters. The maximum absolute atomic E-state index is 14.1. The lowest BCUT2D eigenvalue weighted by Gasteiger charge is -2.21. The Morgan fingerprint density at radius 2 is 2.00 bits per heavy atom. The summed E-state index contributed by atoms with van der Waals surface area (Å²) in [5, 5.41) is 3.26. The van der Waals surface area contributed by atoms with Crippen molar-refractivity contribution in [2.24, 2.45) is 0 Å². The summed E-state index contributed by atoms with van der Waals surface area (Å²) in [6.45, 7) is 6.63. The fourth-order valence-electron chi connectivity index (χ4n) is 2.41. The zero-order valence-corrected chi connectivity index (χ0v) is 12.6. The molecule has 0 saturated carbocycles. The molecule has 0 amide bonds. The van der Waals surface area contributed by atoms with E-state index in [-0.39, 0.29) is 0 Å².